The highest BCUT2D eigenvalue weighted by atomic mass is 14.8. The van der Waals surface area contributed by atoms with Crippen LogP contribution in [0.4, 0.5) is 0 Å². The molecule has 0 bridgehead atoms. The van der Waals surface area contributed by atoms with E-state index in [1.54, 1.807) is 0 Å². The van der Waals surface area contributed by atoms with Crippen LogP contribution in [0.5, 0.6) is 0 Å². The first-order valence-electron chi connectivity index (χ1n) is 5.85. The SMILES string of the molecule is CCCC(C)CCC(C)CCNC. The molecule has 0 amide bonds. The van der Waals surface area contributed by atoms with Crippen LogP contribution in [0.25, 0.3) is 0 Å². The van der Waals surface area contributed by atoms with Gasteiger partial charge < -0.3 is 5.32 Å². The van der Waals surface area contributed by atoms with Crippen LogP contribution in [-0.2, 0) is 0 Å². The topological polar surface area (TPSA) is 12.0 Å². The molecular formula is C12H27N. The molecule has 0 fully saturated rings. The van der Waals surface area contributed by atoms with E-state index >= 15 is 0 Å². The first kappa shape index (κ1) is 13.0. The van der Waals surface area contributed by atoms with Crippen LogP contribution < -0.4 is 5.32 Å². The van der Waals surface area contributed by atoms with E-state index in [0.717, 1.165) is 11.8 Å². The van der Waals surface area contributed by atoms with E-state index in [4.69, 9.17) is 0 Å². The summed E-state index contributed by atoms with van der Waals surface area (Å²) in [7, 11) is 2.03. The third kappa shape index (κ3) is 8.29. The summed E-state index contributed by atoms with van der Waals surface area (Å²) in [6.45, 7) is 8.20. The molecule has 2 atom stereocenters. The highest BCUT2D eigenvalue weighted by molar-refractivity contribution is 4.59. The molecule has 0 aromatic heterocycles. The van der Waals surface area contributed by atoms with Crippen LogP contribution in [0.1, 0.15) is 52.9 Å². The van der Waals surface area contributed by atoms with E-state index in [-0.39, 0.29) is 0 Å². The average molecular weight is 185 g/mol. The van der Waals surface area contributed by atoms with Gasteiger partial charge in [-0.1, -0.05) is 46.5 Å². The van der Waals surface area contributed by atoms with Gasteiger partial charge in [0.2, 0.25) is 0 Å². The maximum Gasteiger partial charge on any atom is -0.00494 e. The molecule has 0 aliphatic rings. The van der Waals surface area contributed by atoms with Gasteiger partial charge in [0, 0.05) is 0 Å². The molecule has 2 unspecified atom stereocenters. The van der Waals surface area contributed by atoms with E-state index in [1.165, 1.54) is 38.6 Å². The Morgan fingerprint density at radius 2 is 1.46 bits per heavy atom. The molecule has 0 aromatic rings. The summed E-state index contributed by atoms with van der Waals surface area (Å²) >= 11 is 0. The van der Waals surface area contributed by atoms with Gasteiger partial charge in [0.25, 0.3) is 0 Å². The first-order valence-corrected chi connectivity index (χ1v) is 5.85. The Labute approximate surface area is 84.3 Å². The quantitative estimate of drug-likeness (QED) is 0.611. The lowest BCUT2D eigenvalue weighted by molar-refractivity contribution is 0.393. The van der Waals surface area contributed by atoms with Gasteiger partial charge in [-0.3, -0.25) is 0 Å². The van der Waals surface area contributed by atoms with E-state index in [1.807, 2.05) is 7.05 Å². The molecule has 0 aliphatic carbocycles. The van der Waals surface area contributed by atoms with Crippen molar-refractivity contribution in [3.63, 3.8) is 0 Å². The molecule has 1 N–H and O–H groups in total. The number of hydrogen-bond acceptors (Lipinski definition) is 1. The summed E-state index contributed by atoms with van der Waals surface area (Å²) in [6, 6.07) is 0. The lowest BCUT2D eigenvalue weighted by atomic mass is 9.93. The van der Waals surface area contributed by atoms with E-state index in [2.05, 4.69) is 26.1 Å². The van der Waals surface area contributed by atoms with Crippen molar-refractivity contribution in [1.82, 2.24) is 5.32 Å². The molecule has 0 radical (unpaired) electrons. The van der Waals surface area contributed by atoms with Gasteiger partial charge in [-0.2, -0.15) is 0 Å². The Kier molecular flexibility index (Phi) is 8.53. The molecule has 80 valence electrons. The third-order valence-corrected chi connectivity index (χ3v) is 2.82. The maximum atomic E-state index is 3.21. The minimum absolute atomic E-state index is 0.895. The van der Waals surface area contributed by atoms with Crippen molar-refractivity contribution < 1.29 is 0 Å². The molecule has 0 aliphatic heterocycles. The van der Waals surface area contributed by atoms with Crippen LogP contribution in [0.2, 0.25) is 0 Å². The smallest absolute Gasteiger partial charge is 0.00494 e. The van der Waals surface area contributed by atoms with Gasteiger partial charge in [0.1, 0.15) is 0 Å². The van der Waals surface area contributed by atoms with E-state index < -0.39 is 0 Å². The zero-order chi connectivity index (χ0) is 10.1. The Bertz CT molecular complexity index is 101. The fourth-order valence-corrected chi connectivity index (χ4v) is 1.74. The van der Waals surface area contributed by atoms with Crippen LogP contribution in [0.3, 0.4) is 0 Å². The molecule has 13 heavy (non-hydrogen) atoms. The van der Waals surface area contributed by atoms with Crippen LogP contribution in [0.15, 0.2) is 0 Å². The largest absolute Gasteiger partial charge is 0.320 e. The molecule has 0 saturated heterocycles. The average Bonchev–Trinajstić information content (AvgIpc) is 2.12. The minimum Gasteiger partial charge on any atom is -0.320 e. The lowest BCUT2D eigenvalue weighted by Crippen LogP contribution is -2.12. The summed E-state index contributed by atoms with van der Waals surface area (Å²) in [5.41, 5.74) is 0. The van der Waals surface area contributed by atoms with Crippen molar-refractivity contribution >= 4 is 0 Å². The van der Waals surface area contributed by atoms with Gasteiger partial charge in [-0.15, -0.1) is 0 Å². The zero-order valence-corrected chi connectivity index (χ0v) is 9.90. The highest BCUT2D eigenvalue weighted by Crippen LogP contribution is 2.17. The summed E-state index contributed by atoms with van der Waals surface area (Å²) in [5.74, 6) is 1.83. The molecule has 1 nitrogen and oxygen atoms in total. The maximum absolute atomic E-state index is 3.21. The van der Waals surface area contributed by atoms with Crippen molar-refractivity contribution in [3.8, 4) is 0 Å². The molecule has 0 rings (SSSR count). The summed E-state index contributed by atoms with van der Waals surface area (Å²) in [5, 5.41) is 3.21. The van der Waals surface area contributed by atoms with Crippen molar-refractivity contribution in [2.24, 2.45) is 11.8 Å². The molecule has 0 saturated carbocycles. The standard InChI is InChI=1S/C12H27N/c1-5-6-11(2)7-8-12(3)9-10-13-4/h11-13H,5-10H2,1-4H3. The monoisotopic (exact) mass is 185 g/mol. The van der Waals surface area contributed by atoms with Crippen LogP contribution in [0, 0.1) is 11.8 Å². The first-order chi connectivity index (χ1) is 6.20. The van der Waals surface area contributed by atoms with Gasteiger partial charge in [-0.25, -0.2) is 0 Å². The Morgan fingerprint density at radius 3 is 1.92 bits per heavy atom. The predicted octanol–water partition coefficient (Wildman–Crippen LogP) is 3.45. The summed E-state index contributed by atoms with van der Waals surface area (Å²) in [6.07, 6.45) is 6.89. The fourth-order valence-electron chi connectivity index (χ4n) is 1.74. The second-order valence-corrected chi connectivity index (χ2v) is 4.47. The Morgan fingerprint density at radius 1 is 0.923 bits per heavy atom. The second-order valence-electron chi connectivity index (χ2n) is 4.47. The van der Waals surface area contributed by atoms with E-state index in [9.17, 15) is 0 Å². The van der Waals surface area contributed by atoms with Gasteiger partial charge in [0.05, 0.1) is 0 Å². The predicted molar refractivity (Wildman–Crippen MR) is 61.0 cm³/mol. The zero-order valence-electron chi connectivity index (χ0n) is 9.90. The molecule has 1 heteroatoms. The van der Waals surface area contributed by atoms with Gasteiger partial charge in [0.15, 0.2) is 0 Å². The Balaban J connectivity index is 3.29. The van der Waals surface area contributed by atoms with Crippen molar-refractivity contribution in [2.75, 3.05) is 13.6 Å². The molecule has 0 aromatic carbocycles. The van der Waals surface area contributed by atoms with Crippen molar-refractivity contribution in [3.05, 3.63) is 0 Å². The number of rotatable bonds is 8. The minimum atomic E-state index is 0.895. The third-order valence-electron chi connectivity index (χ3n) is 2.82. The molecule has 0 heterocycles. The van der Waals surface area contributed by atoms with Gasteiger partial charge >= 0.3 is 0 Å². The van der Waals surface area contributed by atoms with Crippen molar-refractivity contribution in [2.45, 2.75) is 52.9 Å². The van der Waals surface area contributed by atoms with Crippen LogP contribution >= 0.6 is 0 Å². The van der Waals surface area contributed by atoms with Gasteiger partial charge in [-0.05, 0) is 31.8 Å². The summed E-state index contributed by atoms with van der Waals surface area (Å²) < 4.78 is 0. The number of nitrogens with one attached hydrogen (secondary N) is 1. The second kappa shape index (κ2) is 8.55. The summed E-state index contributed by atoms with van der Waals surface area (Å²) in [4.78, 5) is 0. The lowest BCUT2D eigenvalue weighted by Gasteiger charge is -2.14. The normalized spacial score (nSPS) is 15.7. The number of hydrogen-bond donors (Lipinski definition) is 1. The van der Waals surface area contributed by atoms with Crippen molar-refractivity contribution in [1.29, 1.82) is 0 Å². The van der Waals surface area contributed by atoms with E-state index in [0.29, 0.717) is 0 Å². The highest BCUT2D eigenvalue weighted by Gasteiger charge is 2.05. The molecular weight excluding hydrogens is 158 g/mol. The van der Waals surface area contributed by atoms with Crippen LogP contribution in [-0.4, -0.2) is 13.6 Å². The molecule has 0 spiro atoms. The fraction of sp³-hybridized carbons (Fsp3) is 1.00. The Hall–Kier alpha value is -0.0400.